The third-order valence-corrected chi connectivity index (χ3v) is 15.2. The molecular weight excluding hydrogens is 955 g/mol. The minimum Gasteiger partial charge on any atom is -0.438 e. The van der Waals surface area contributed by atoms with E-state index in [1.807, 2.05) is 0 Å². The monoisotopic (exact) mass is 1010 g/mol. The summed E-state index contributed by atoms with van der Waals surface area (Å²) >= 11 is 11.6. The molecule has 0 unspecified atom stereocenters. The zero-order valence-electron chi connectivity index (χ0n) is 32.9. The maximum Gasteiger partial charge on any atom is 2.00 e. The molecule has 0 spiro atoms. The normalized spacial score (nSPS) is 12.2. The summed E-state index contributed by atoms with van der Waals surface area (Å²) < 4.78 is 104. The molecule has 0 saturated carbocycles. The Labute approximate surface area is 382 Å². The number of halogens is 2. The summed E-state index contributed by atoms with van der Waals surface area (Å²) in [6.07, 6.45) is 14.7. The van der Waals surface area contributed by atoms with E-state index >= 15 is 0 Å². The van der Waals surface area contributed by atoms with Crippen molar-refractivity contribution in [2.24, 2.45) is 0 Å². The van der Waals surface area contributed by atoms with E-state index in [9.17, 15) is 26.0 Å². The maximum absolute atomic E-state index is 12.9. The second-order valence-electron chi connectivity index (χ2n) is 12.5. The van der Waals surface area contributed by atoms with Gasteiger partial charge in [-0.25, -0.2) is 16.8 Å². The van der Waals surface area contributed by atoms with Gasteiger partial charge in [0.25, 0.3) is 15.5 Å². The molecule has 0 heterocycles. The summed E-state index contributed by atoms with van der Waals surface area (Å²) in [4.78, 5) is -0.201. The van der Waals surface area contributed by atoms with Gasteiger partial charge in [-0.3, -0.25) is 9.13 Å². The van der Waals surface area contributed by atoms with Gasteiger partial charge in [0.2, 0.25) is 0 Å². The smallest absolute Gasteiger partial charge is 0.438 e. The largest absolute Gasteiger partial charge is 2.00 e. The summed E-state index contributed by atoms with van der Waals surface area (Å²) in [5, 5.41) is 0.799. The van der Waals surface area contributed by atoms with Crippen molar-refractivity contribution < 1.29 is 44.1 Å². The fourth-order valence-electron chi connectivity index (χ4n) is 4.57. The molecule has 2 rings (SSSR count). The molecule has 0 aliphatic heterocycles. The van der Waals surface area contributed by atoms with Gasteiger partial charge in [0, 0.05) is 19.8 Å². The molecular formula is C36H60BaCl2N2O10P2S2. The van der Waals surface area contributed by atoms with E-state index in [4.69, 9.17) is 41.3 Å². The molecule has 0 aliphatic carbocycles. The van der Waals surface area contributed by atoms with Crippen LogP contribution >= 0.6 is 38.7 Å². The van der Waals surface area contributed by atoms with Crippen molar-refractivity contribution in [3.05, 3.63) is 67.6 Å². The third-order valence-electron chi connectivity index (χ3n) is 7.65. The predicted molar refractivity (Wildman–Crippen MR) is 225 cm³/mol. The van der Waals surface area contributed by atoms with E-state index in [1.54, 1.807) is 0 Å². The summed E-state index contributed by atoms with van der Waals surface area (Å²) in [6.45, 7) is 8.91. The molecule has 0 fully saturated rings. The van der Waals surface area contributed by atoms with Crippen LogP contribution in [0.1, 0.15) is 130 Å². The fourth-order valence-corrected chi connectivity index (χ4v) is 11.0. The quantitative estimate of drug-likeness (QED) is 0.0417. The zero-order valence-corrected chi connectivity index (χ0v) is 42.3. The average Bonchev–Trinajstić information content (AvgIpc) is 3.11. The maximum atomic E-state index is 12.9. The predicted octanol–water partition coefficient (Wildman–Crippen LogP) is 13.0. The first kappa shape index (κ1) is 55.7. The Morgan fingerprint density at radius 2 is 0.691 bits per heavy atom. The number of rotatable bonds is 30. The SMILES string of the molecule is CCCCCCOP(=O)([N-]S(=O)(=O)c1ccc(Cl)cc1)OCCCCCC.CCCCCCOP(=O)([N-]S(=O)(=O)c1ccc(Cl)cc1)OCCCCCC.[Ba+2]. The van der Waals surface area contributed by atoms with E-state index in [1.165, 1.54) is 48.5 Å². The molecule has 12 nitrogen and oxygen atoms in total. The van der Waals surface area contributed by atoms with Crippen LogP contribution in [-0.4, -0.2) is 92.1 Å². The van der Waals surface area contributed by atoms with Gasteiger partial charge >= 0.3 is 48.9 Å². The average molecular weight is 1020 g/mol. The van der Waals surface area contributed by atoms with Crippen molar-refractivity contribution in [2.75, 3.05) is 26.4 Å². The number of sulfonamides is 2. The number of nitrogens with zero attached hydrogens (tertiary/aromatic N) is 2. The summed E-state index contributed by atoms with van der Waals surface area (Å²) in [6, 6.07) is 11.0. The van der Waals surface area contributed by atoms with Crippen molar-refractivity contribution >= 4 is 108 Å². The van der Waals surface area contributed by atoms with Crippen LogP contribution in [-0.2, 0) is 47.3 Å². The Kier molecular flexibility index (Phi) is 32.0. The second kappa shape index (κ2) is 31.6. The van der Waals surface area contributed by atoms with Crippen LogP contribution in [0.3, 0.4) is 0 Å². The van der Waals surface area contributed by atoms with E-state index < -0.39 is 35.5 Å². The molecule has 19 heteroatoms. The first-order valence-electron chi connectivity index (χ1n) is 18.9. The molecule has 0 aromatic heterocycles. The number of benzene rings is 2. The van der Waals surface area contributed by atoms with Gasteiger partial charge in [0.05, 0.1) is 26.4 Å². The zero-order chi connectivity index (χ0) is 40.4. The summed E-state index contributed by atoms with van der Waals surface area (Å²) in [5.41, 5.74) is 0. The third kappa shape index (κ3) is 25.8. The van der Waals surface area contributed by atoms with E-state index in [0.29, 0.717) is 35.7 Å². The van der Waals surface area contributed by atoms with Crippen LogP contribution < -0.4 is 0 Å². The molecule has 0 amide bonds. The molecule has 0 bridgehead atoms. The minimum absolute atomic E-state index is 0. The Morgan fingerprint density at radius 1 is 0.455 bits per heavy atom. The molecule has 55 heavy (non-hydrogen) atoms. The fraction of sp³-hybridized carbons (Fsp3) is 0.667. The van der Waals surface area contributed by atoms with Gasteiger partial charge < -0.3 is 27.1 Å². The molecule has 312 valence electrons. The van der Waals surface area contributed by atoms with Crippen LogP contribution in [0.4, 0.5) is 0 Å². The van der Waals surface area contributed by atoms with E-state index in [2.05, 4.69) is 36.7 Å². The molecule has 2 aromatic carbocycles. The van der Waals surface area contributed by atoms with E-state index in [0.717, 1.165) is 77.0 Å². The van der Waals surface area contributed by atoms with Gasteiger partial charge in [-0.1, -0.05) is 128 Å². The van der Waals surface area contributed by atoms with Crippen molar-refractivity contribution in [1.82, 2.24) is 0 Å². The first-order chi connectivity index (χ1) is 25.7. The van der Waals surface area contributed by atoms with Crippen LogP contribution in [0.15, 0.2) is 58.3 Å². The van der Waals surface area contributed by atoms with Gasteiger partial charge in [-0.15, -0.1) is 0 Å². The number of hydrogen-bond donors (Lipinski definition) is 0. The number of hydrogen-bond acceptors (Lipinski definition) is 10. The topological polar surface area (TPSA) is 168 Å². The van der Waals surface area contributed by atoms with Gasteiger partial charge in [-0.2, -0.15) is 0 Å². The molecule has 0 aliphatic rings. The van der Waals surface area contributed by atoms with Crippen LogP contribution in [0.5, 0.6) is 0 Å². The minimum atomic E-state index is -4.18. The van der Waals surface area contributed by atoms with Crippen LogP contribution in [0, 0.1) is 0 Å². The van der Waals surface area contributed by atoms with Crippen molar-refractivity contribution in [2.45, 2.75) is 140 Å². The second-order valence-corrected chi connectivity index (χ2v) is 20.5. The number of unbranched alkanes of at least 4 members (excludes halogenated alkanes) is 12. The molecule has 0 atom stereocenters. The Bertz CT molecular complexity index is 1450. The first-order valence-corrected chi connectivity index (χ1v) is 25.6. The van der Waals surface area contributed by atoms with Crippen molar-refractivity contribution in [3.8, 4) is 0 Å². The Morgan fingerprint density at radius 3 is 0.909 bits per heavy atom. The van der Waals surface area contributed by atoms with Crippen molar-refractivity contribution in [3.63, 3.8) is 0 Å². The summed E-state index contributed by atoms with van der Waals surface area (Å²) in [5.74, 6) is 0. The summed E-state index contributed by atoms with van der Waals surface area (Å²) in [7, 11) is -16.6. The standard InChI is InChI=1S/2C18H30ClNO5PS.Ba/c2*1-3-5-7-9-15-24-26(21,25-16-10-8-6-4-2)20-27(22,23)18-13-11-17(19)12-14-18;/h2*11-14H,3-10,15-16H2,1-2H3;/q2*-1;+2. The van der Waals surface area contributed by atoms with Crippen molar-refractivity contribution in [1.29, 1.82) is 0 Å². The van der Waals surface area contributed by atoms with E-state index in [-0.39, 0.29) is 85.1 Å². The Balaban J connectivity index is 0.00000104. The van der Waals surface area contributed by atoms with Crippen LogP contribution in [0.2, 0.25) is 10.0 Å². The van der Waals surface area contributed by atoms with Crippen LogP contribution in [0.25, 0.3) is 8.99 Å². The molecule has 0 saturated heterocycles. The molecule has 0 radical (unpaired) electrons. The van der Waals surface area contributed by atoms with Gasteiger partial charge in [-0.05, 0) is 74.2 Å². The molecule has 2 aromatic rings. The van der Waals surface area contributed by atoms with Gasteiger partial charge in [0.1, 0.15) is 20.0 Å². The molecule has 0 N–H and O–H groups in total. The Hall–Kier alpha value is 0.711. The van der Waals surface area contributed by atoms with Gasteiger partial charge in [0.15, 0.2) is 0 Å².